The number of carbonyl (C=O) groups excluding carboxylic acids is 1. The van der Waals surface area contributed by atoms with Gasteiger partial charge in [-0.3, -0.25) is 4.79 Å². The Kier molecular flexibility index (Phi) is 3.97. The molecule has 0 atom stereocenters. The highest BCUT2D eigenvalue weighted by Gasteiger charge is 2.15. The highest BCUT2D eigenvalue weighted by molar-refractivity contribution is 9.10. The molecule has 0 saturated heterocycles. The molecule has 0 unspecified atom stereocenters. The van der Waals surface area contributed by atoms with Crippen molar-refractivity contribution in [1.82, 2.24) is 0 Å². The molecule has 2 nitrogen and oxygen atoms in total. The molecule has 0 spiro atoms. The van der Waals surface area contributed by atoms with Crippen molar-refractivity contribution >= 4 is 21.7 Å². The molecular formula is C14H12BrFO2. The summed E-state index contributed by atoms with van der Waals surface area (Å²) in [6.45, 7) is 1.93. The molecule has 0 N–H and O–H groups in total. The number of benzene rings is 1. The van der Waals surface area contributed by atoms with E-state index in [0.717, 1.165) is 5.56 Å². The molecule has 0 radical (unpaired) electrons. The second-order valence-electron chi connectivity index (χ2n) is 3.95. The van der Waals surface area contributed by atoms with Gasteiger partial charge in [0.15, 0.2) is 5.78 Å². The zero-order valence-electron chi connectivity index (χ0n) is 9.87. The molecule has 94 valence electrons. The van der Waals surface area contributed by atoms with Gasteiger partial charge in [0.25, 0.3) is 0 Å². The van der Waals surface area contributed by atoms with Crippen molar-refractivity contribution in [1.29, 1.82) is 0 Å². The Morgan fingerprint density at radius 3 is 2.83 bits per heavy atom. The lowest BCUT2D eigenvalue weighted by atomic mass is 10.0. The third-order valence-electron chi connectivity index (χ3n) is 2.73. The van der Waals surface area contributed by atoms with Crippen LogP contribution >= 0.6 is 15.9 Å². The molecule has 1 aromatic heterocycles. The lowest BCUT2D eigenvalue weighted by Gasteiger charge is -2.04. The minimum absolute atomic E-state index is 0.0205. The summed E-state index contributed by atoms with van der Waals surface area (Å²) in [7, 11) is 0. The van der Waals surface area contributed by atoms with E-state index < -0.39 is 0 Å². The van der Waals surface area contributed by atoms with E-state index in [0.29, 0.717) is 22.2 Å². The van der Waals surface area contributed by atoms with Gasteiger partial charge in [-0.1, -0.05) is 28.9 Å². The Balaban J connectivity index is 2.21. The van der Waals surface area contributed by atoms with Gasteiger partial charge in [-0.05, 0) is 23.8 Å². The van der Waals surface area contributed by atoms with Crippen molar-refractivity contribution in [3.8, 4) is 0 Å². The molecule has 0 amide bonds. The van der Waals surface area contributed by atoms with E-state index in [9.17, 15) is 9.18 Å². The van der Waals surface area contributed by atoms with Crippen LogP contribution in [0.4, 0.5) is 4.39 Å². The molecule has 0 aliphatic rings. The first-order valence-corrected chi connectivity index (χ1v) is 6.44. The molecule has 0 fully saturated rings. The average molecular weight is 311 g/mol. The topological polar surface area (TPSA) is 30.2 Å². The van der Waals surface area contributed by atoms with Gasteiger partial charge in [-0.15, -0.1) is 0 Å². The summed E-state index contributed by atoms with van der Waals surface area (Å²) in [6, 6.07) is 6.00. The van der Waals surface area contributed by atoms with E-state index in [4.69, 9.17) is 4.42 Å². The fourth-order valence-corrected chi connectivity index (χ4v) is 2.29. The Morgan fingerprint density at radius 2 is 2.17 bits per heavy atom. The Hall–Kier alpha value is -1.42. The van der Waals surface area contributed by atoms with Crippen LogP contribution in [-0.2, 0) is 12.8 Å². The number of halogens is 2. The highest BCUT2D eigenvalue weighted by atomic mass is 79.9. The first kappa shape index (κ1) is 13.0. The van der Waals surface area contributed by atoms with Crippen molar-refractivity contribution in [2.45, 2.75) is 19.8 Å². The number of aryl methyl sites for hydroxylation is 1. The fourth-order valence-electron chi connectivity index (χ4n) is 1.80. The summed E-state index contributed by atoms with van der Waals surface area (Å²) in [6.07, 6.45) is 2.43. The summed E-state index contributed by atoms with van der Waals surface area (Å²) in [4.78, 5) is 12.1. The number of Topliss-reactive ketones (excluding diaryl/α,β-unsaturated/α-hetero) is 1. The quantitative estimate of drug-likeness (QED) is 0.793. The maximum absolute atomic E-state index is 12.9. The number of rotatable bonds is 4. The highest BCUT2D eigenvalue weighted by Crippen LogP contribution is 2.21. The van der Waals surface area contributed by atoms with Crippen molar-refractivity contribution in [2.75, 3.05) is 0 Å². The molecule has 2 rings (SSSR count). The maximum Gasteiger partial charge on any atom is 0.170 e. The fraction of sp³-hybridized carbons (Fsp3) is 0.214. The van der Waals surface area contributed by atoms with Gasteiger partial charge in [-0.2, -0.15) is 0 Å². The van der Waals surface area contributed by atoms with Crippen LogP contribution in [0.1, 0.15) is 28.6 Å². The van der Waals surface area contributed by atoms with Gasteiger partial charge >= 0.3 is 0 Å². The van der Waals surface area contributed by atoms with Crippen molar-refractivity contribution in [3.05, 3.63) is 57.7 Å². The second kappa shape index (κ2) is 5.48. The lowest BCUT2D eigenvalue weighted by molar-refractivity contribution is 0.0991. The Bertz CT molecular complexity index is 575. The minimum Gasteiger partial charge on any atom is -0.469 e. The standard InChI is InChI=1S/C14H12BrFO2/c1-2-14-11(5-6-18-14)13(17)7-9-3-4-10(16)8-12(9)15/h3-6,8H,2,7H2,1H3. The first-order valence-electron chi connectivity index (χ1n) is 5.65. The molecule has 0 aliphatic heterocycles. The monoisotopic (exact) mass is 310 g/mol. The number of carbonyl (C=O) groups is 1. The van der Waals surface area contributed by atoms with Gasteiger partial charge in [0, 0.05) is 17.3 Å². The van der Waals surface area contributed by atoms with Gasteiger partial charge in [0.2, 0.25) is 0 Å². The predicted molar refractivity (Wildman–Crippen MR) is 70.2 cm³/mol. The summed E-state index contributed by atoms with van der Waals surface area (Å²) < 4.78 is 18.8. The lowest BCUT2D eigenvalue weighted by Crippen LogP contribution is -2.05. The van der Waals surface area contributed by atoms with Crippen LogP contribution in [0.15, 0.2) is 39.4 Å². The second-order valence-corrected chi connectivity index (χ2v) is 4.80. The molecule has 18 heavy (non-hydrogen) atoms. The van der Waals surface area contributed by atoms with Crippen LogP contribution in [0.2, 0.25) is 0 Å². The van der Waals surface area contributed by atoms with Crippen LogP contribution in [0.3, 0.4) is 0 Å². The number of furan rings is 1. The summed E-state index contributed by atoms with van der Waals surface area (Å²) >= 11 is 3.26. The van der Waals surface area contributed by atoms with Crippen LogP contribution in [0.25, 0.3) is 0 Å². The first-order chi connectivity index (χ1) is 8.61. The van der Waals surface area contributed by atoms with E-state index in [1.165, 1.54) is 18.4 Å². The van der Waals surface area contributed by atoms with Crippen LogP contribution < -0.4 is 0 Å². The third-order valence-corrected chi connectivity index (χ3v) is 3.47. The Labute approximate surface area is 113 Å². The Morgan fingerprint density at radius 1 is 1.39 bits per heavy atom. The SMILES string of the molecule is CCc1occc1C(=O)Cc1ccc(F)cc1Br. The maximum atomic E-state index is 12.9. The van der Waals surface area contributed by atoms with E-state index in [1.54, 1.807) is 12.1 Å². The van der Waals surface area contributed by atoms with E-state index in [-0.39, 0.29) is 18.0 Å². The smallest absolute Gasteiger partial charge is 0.170 e. The summed E-state index contributed by atoms with van der Waals surface area (Å²) in [5, 5.41) is 0. The van der Waals surface area contributed by atoms with Crippen molar-refractivity contribution < 1.29 is 13.6 Å². The summed E-state index contributed by atoms with van der Waals surface area (Å²) in [5.74, 6) is 0.349. The predicted octanol–water partition coefficient (Wildman–Crippen LogP) is 4.17. The van der Waals surface area contributed by atoms with Crippen LogP contribution in [0.5, 0.6) is 0 Å². The molecule has 2 aromatic rings. The molecule has 1 aromatic carbocycles. The van der Waals surface area contributed by atoms with Crippen LogP contribution in [-0.4, -0.2) is 5.78 Å². The van der Waals surface area contributed by atoms with E-state index in [1.807, 2.05) is 6.92 Å². The number of hydrogen-bond donors (Lipinski definition) is 0. The molecule has 0 bridgehead atoms. The zero-order chi connectivity index (χ0) is 13.1. The molecule has 0 aliphatic carbocycles. The normalized spacial score (nSPS) is 10.6. The van der Waals surface area contributed by atoms with Gasteiger partial charge in [-0.25, -0.2) is 4.39 Å². The van der Waals surface area contributed by atoms with E-state index >= 15 is 0 Å². The molecule has 1 heterocycles. The number of hydrogen-bond acceptors (Lipinski definition) is 2. The summed E-state index contributed by atoms with van der Waals surface area (Å²) in [5.41, 5.74) is 1.37. The van der Waals surface area contributed by atoms with Gasteiger partial charge in [0.1, 0.15) is 11.6 Å². The average Bonchev–Trinajstić information content (AvgIpc) is 2.81. The molecular weight excluding hydrogens is 299 g/mol. The van der Waals surface area contributed by atoms with Crippen molar-refractivity contribution in [2.24, 2.45) is 0 Å². The molecule has 4 heteroatoms. The van der Waals surface area contributed by atoms with E-state index in [2.05, 4.69) is 15.9 Å². The molecule has 0 saturated carbocycles. The van der Waals surface area contributed by atoms with Crippen molar-refractivity contribution in [3.63, 3.8) is 0 Å². The zero-order valence-corrected chi connectivity index (χ0v) is 11.5. The van der Waals surface area contributed by atoms with Gasteiger partial charge in [0.05, 0.1) is 11.8 Å². The third kappa shape index (κ3) is 2.70. The largest absolute Gasteiger partial charge is 0.469 e. The minimum atomic E-state index is -0.323. The number of ketones is 1. The van der Waals surface area contributed by atoms with Gasteiger partial charge < -0.3 is 4.42 Å². The van der Waals surface area contributed by atoms with Crippen LogP contribution in [0, 0.1) is 5.82 Å².